The van der Waals surface area contributed by atoms with Crippen LogP contribution in [0.5, 0.6) is 0 Å². The third kappa shape index (κ3) is 2.17. The summed E-state index contributed by atoms with van der Waals surface area (Å²) in [5, 5.41) is 11.0. The molecule has 1 aliphatic rings. The molecule has 0 saturated heterocycles. The quantitative estimate of drug-likeness (QED) is 0.816. The summed E-state index contributed by atoms with van der Waals surface area (Å²) in [6.45, 7) is 0. The van der Waals surface area contributed by atoms with Gasteiger partial charge in [-0.15, -0.1) is 0 Å². The van der Waals surface area contributed by atoms with E-state index in [2.05, 4.69) is 4.98 Å². The number of rotatable bonds is 4. The third-order valence-corrected chi connectivity index (χ3v) is 4.37. The summed E-state index contributed by atoms with van der Waals surface area (Å²) < 4.78 is 0. The van der Waals surface area contributed by atoms with Gasteiger partial charge in [-0.05, 0) is 30.9 Å². The van der Waals surface area contributed by atoms with Crippen molar-refractivity contribution in [2.45, 2.75) is 23.1 Å². The monoisotopic (exact) mass is 247 g/mol. The van der Waals surface area contributed by atoms with Crippen LogP contribution in [0.1, 0.15) is 12.8 Å². The molecule has 3 rings (SSSR count). The molecule has 0 amide bonds. The first-order valence-electron chi connectivity index (χ1n) is 5.71. The Morgan fingerprint density at radius 3 is 2.82 bits per heavy atom. The molecule has 1 heterocycles. The molecule has 88 valence electrons. The molecule has 2 aromatic rings. The van der Waals surface area contributed by atoms with Crippen LogP contribution in [0.4, 0.5) is 0 Å². The molecular weight excluding hydrogens is 234 g/mol. The summed E-state index contributed by atoms with van der Waals surface area (Å²) in [5.41, 5.74) is 1.06. The van der Waals surface area contributed by atoms with E-state index in [1.807, 2.05) is 30.3 Å². The van der Waals surface area contributed by atoms with E-state index in [-0.39, 0.29) is 5.25 Å². The van der Waals surface area contributed by atoms with E-state index in [0.717, 1.165) is 28.8 Å². The molecule has 0 spiro atoms. The highest BCUT2D eigenvalue weighted by Crippen LogP contribution is 2.42. The minimum absolute atomic E-state index is 0.303. The van der Waals surface area contributed by atoms with E-state index >= 15 is 0 Å². The number of carboxylic acid groups (broad SMARTS) is 1. The summed E-state index contributed by atoms with van der Waals surface area (Å²) in [6.07, 6.45) is 2.09. The normalized spacial score (nSPS) is 17.2. The van der Waals surface area contributed by atoms with Crippen molar-refractivity contribution < 1.29 is 9.90 Å². The summed E-state index contributed by atoms with van der Waals surface area (Å²) in [6, 6.07) is 10.0. The van der Waals surface area contributed by atoms with Gasteiger partial charge in [0.1, 0.15) is 5.25 Å². The Balaban J connectivity index is 1.85. The Hall–Kier alpha value is -1.42. The Labute approximate surface area is 103 Å². The summed E-state index contributed by atoms with van der Waals surface area (Å²) in [4.78, 5) is 14.4. The van der Waals surface area contributed by atoms with Crippen LogP contribution in [0.3, 0.4) is 0 Å². The van der Waals surface area contributed by atoms with Crippen molar-refractivity contribution in [2.24, 2.45) is 5.92 Å². The lowest BCUT2D eigenvalue weighted by Gasteiger charge is -2.08. The predicted octanol–water partition coefficient (Wildman–Crippen LogP) is 3.12. The fraction of sp³-hybridized carbons (Fsp3) is 0.308. The largest absolute Gasteiger partial charge is 0.480 e. The fourth-order valence-corrected chi connectivity index (χ4v) is 3.20. The van der Waals surface area contributed by atoms with Gasteiger partial charge in [-0.2, -0.15) is 0 Å². The maximum atomic E-state index is 11.2. The molecule has 1 aromatic heterocycles. The zero-order chi connectivity index (χ0) is 11.8. The van der Waals surface area contributed by atoms with Crippen LogP contribution >= 0.6 is 11.8 Å². The minimum atomic E-state index is -0.698. The second-order valence-electron chi connectivity index (χ2n) is 4.43. The average Bonchev–Trinajstić information content (AvgIpc) is 3.05. The molecule has 1 atom stereocenters. The van der Waals surface area contributed by atoms with Crippen LogP contribution in [-0.4, -0.2) is 21.3 Å². The fourth-order valence-electron chi connectivity index (χ4n) is 1.99. The number of carbonyl (C=O) groups is 1. The van der Waals surface area contributed by atoms with Crippen molar-refractivity contribution >= 4 is 28.6 Å². The van der Waals surface area contributed by atoms with Crippen LogP contribution in [0.2, 0.25) is 0 Å². The summed E-state index contributed by atoms with van der Waals surface area (Å²) >= 11 is 1.44. The number of aliphatic carboxylic acids is 1. The van der Waals surface area contributed by atoms with Crippen LogP contribution in [0, 0.1) is 5.92 Å². The van der Waals surface area contributed by atoms with Gasteiger partial charge in [0.25, 0.3) is 0 Å². The number of nitrogens with one attached hydrogen (secondary N) is 1. The van der Waals surface area contributed by atoms with E-state index < -0.39 is 5.97 Å². The standard InChI is InChI=1S/C13H13NO2S/c15-13(16)12(8-5-6-8)17-11-7-9-3-1-2-4-10(9)14-11/h1-4,7-8,12,14H,5-6H2,(H,15,16). The number of H-pyrrole nitrogens is 1. The highest BCUT2D eigenvalue weighted by Gasteiger charge is 2.37. The van der Waals surface area contributed by atoms with Gasteiger partial charge in [0.15, 0.2) is 0 Å². The number of thioether (sulfide) groups is 1. The number of carboxylic acids is 1. The maximum absolute atomic E-state index is 11.2. The number of hydrogen-bond donors (Lipinski definition) is 2. The highest BCUT2D eigenvalue weighted by atomic mass is 32.2. The molecule has 0 bridgehead atoms. The van der Waals surface area contributed by atoms with Crippen molar-refractivity contribution in [3.05, 3.63) is 30.3 Å². The van der Waals surface area contributed by atoms with Crippen molar-refractivity contribution in [2.75, 3.05) is 0 Å². The Morgan fingerprint density at radius 1 is 1.41 bits per heavy atom. The minimum Gasteiger partial charge on any atom is -0.480 e. The molecule has 4 heteroatoms. The number of benzene rings is 1. The lowest BCUT2D eigenvalue weighted by molar-refractivity contribution is -0.136. The molecule has 1 aliphatic carbocycles. The molecule has 0 radical (unpaired) electrons. The van der Waals surface area contributed by atoms with Gasteiger partial charge in [0.05, 0.1) is 5.03 Å². The van der Waals surface area contributed by atoms with E-state index in [1.165, 1.54) is 11.8 Å². The number of para-hydroxylation sites is 1. The lowest BCUT2D eigenvalue weighted by atomic mass is 10.3. The highest BCUT2D eigenvalue weighted by molar-refractivity contribution is 8.00. The van der Waals surface area contributed by atoms with Gasteiger partial charge in [-0.1, -0.05) is 30.0 Å². The zero-order valence-corrected chi connectivity index (χ0v) is 10.0. The van der Waals surface area contributed by atoms with E-state index in [0.29, 0.717) is 5.92 Å². The summed E-state index contributed by atoms with van der Waals surface area (Å²) in [7, 11) is 0. The Bertz CT molecular complexity index is 526. The first-order valence-corrected chi connectivity index (χ1v) is 6.59. The van der Waals surface area contributed by atoms with Gasteiger partial charge < -0.3 is 10.1 Å². The lowest BCUT2D eigenvalue weighted by Crippen LogP contribution is -2.18. The molecule has 17 heavy (non-hydrogen) atoms. The molecule has 0 aliphatic heterocycles. The second-order valence-corrected chi connectivity index (χ2v) is 5.62. The third-order valence-electron chi connectivity index (χ3n) is 3.05. The molecule has 3 nitrogen and oxygen atoms in total. The molecule has 2 N–H and O–H groups in total. The maximum Gasteiger partial charge on any atom is 0.317 e. The van der Waals surface area contributed by atoms with Gasteiger partial charge in [0, 0.05) is 10.9 Å². The predicted molar refractivity (Wildman–Crippen MR) is 68.3 cm³/mol. The Morgan fingerprint density at radius 2 is 2.18 bits per heavy atom. The van der Waals surface area contributed by atoms with Gasteiger partial charge >= 0.3 is 5.97 Å². The number of aromatic nitrogens is 1. The van der Waals surface area contributed by atoms with Gasteiger partial charge in [-0.25, -0.2) is 0 Å². The Kier molecular flexibility index (Phi) is 2.59. The smallest absolute Gasteiger partial charge is 0.317 e. The van der Waals surface area contributed by atoms with Crippen molar-refractivity contribution in [3.8, 4) is 0 Å². The van der Waals surface area contributed by atoms with E-state index in [9.17, 15) is 9.90 Å². The first kappa shape index (κ1) is 10.7. The van der Waals surface area contributed by atoms with Crippen LogP contribution < -0.4 is 0 Å². The van der Waals surface area contributed by atoms with Crippen LogP contribution in [0.25, 0.3) is 10.9 Å². The molecule has 1 aromatic carbocycles. The van der Waals surface area contributed by atoms with E-state index in [4.69, 9.17) is 0 Å². The van der Waals surface area contributed by atoms with Gasteiger partial charge in [-0.3, -0.25) is 4.79 Å². The zero-order valence-electron chi connectivity index (χ0n) is 9.22. The van der Waals surface area contributed by atoms with Crippen LogP contribution in [0.15, 0.2) is 35.4 Å². The van der Waals surface area contributed by atoms with Crippen molar-refractivity contribution in [1.29, 1.82) is 0 Å². The van der Waals surface area contributed by atoms with E-state index in [1.54, 1.807) is 0 Å². The van der Waals surface area contributed by atoms with Gasteiger partial charge in [0.2, 0.25) is 0 Å². The number of fused-ring (bicyclic) bond motifs is 1. The topological polar surface area (TPSA) is 53.1 Å². The average molecular weight is 247 g/mol. The molecule has 1 fully saturated rings. The molecule has 1 saturated carbocycles. The SMILES string of the molecule is O=C(O)C(Sc1cc2ccccc2[nH]1)C1CC1. The molecular formula is C13H13NO2S. The van der Waals surface area contributed by atoms with Crippen molar-refractivity contribution in [1.82, 2.24) is 4.98 Å². The van der Waals surface area contributed by atoms with Crippen molar-refractivity contribution in [3.63, 3.8) is 0 Å². The summed E-state index contributed by atoms with van der Waals surface area (Å²) in [5.74, 6) is -0.347. The first-order chi connectivity index (χ1) is 8.24. The molecule has 1 unspecified atom stereocenters. The number of hydrogen-bond acceptors (Lipinski definition) is 2. The van der Waals surface area contributed by atoms with Crippen LogP contribution in [-0.2, 0) is 4.79 Å². The second kappa shape index (κ2) is 4.11. The number of aromatic amines is 1.